The monoisotopic (exact) mass is 525 g/mol. The predicted octanol–water partition coefficient (Wildman–Crippen LogP) is 3.63. The van der Waals surface area contributed by atoms with Gasteiger partial charge in [0.2, 0.25) is 0 Å². The van der Waals surface area contributed by atoms with Gasteiger partial charge in [0.25, 0.3) is 0 Å². The number of esters is 1. The normalized spacial score (nSPS) is 19.0. The molecule has 0 aliphatic carbocycles. The van der Waals surface area contributed by atoms with Crippen LogP contribution in [0.3, 0.4) is 0 Å². The molecule has 2 aliphatic rings. The summed E-state index contributed by atoms with van der Waals surface area (Å²) in [5.74, 6) is -0.491. The number of piperazine rings is 1. The van der Waals surface area contributed by atoms with E-state index < -0.39 is 12.0 Å². The molecule has 0 aromatic heterocycles. The van der Waals surface area contributed by atoms with E-state index in [4.69, 9.17) is 27.9 Å². The number of rotatable bonds is 8. The van der Waals surface area contributed by atoms with Crippen LogP contribution in [0.4, 0.5) is 9.59 Å². The third-order valence-corrected chi connectivity index (χ3v) is 6.83. The zero-order valence-corrected chi connectivity index (χ0v) is 21.9. The SMILES string of the molecule is CCCNC(=O)N1CCN(CC2=C(C(=O)OCC)[C@@H](c3ccc(Cl)c(Cl)c3)NC(=O)N2CC)CC1. The Morgan fingerprint density at radius 1 is 1.11 bits per heavy atom. The van der Waals surface area contributed by atoms with E-state index in [2.05, 4.69) is 15.5 Å². The quantitative estimate of drug-likeness (QED) is 0.505. The van der Waals surface area contributed by atoms with Gasteiger partial charge in [-0.1, -0.05) is 36.2 Å². The number of carbonyl (C=O) groups is 3. The largest absolute Gasteiger partial charge is 0.463 e. The highest BCUT2D eigenvalue weighted by molar-refractivity contribution is 6.42. The molecule has 1 atom stereocenters. The van der Waals surface area contributed by atoms with E-state index in [9.17, 15) is 14.4 Å². The standard InChI is InChI=1S/C24H33Cl2N5O4/c1-4-9-27-23(33)30-12-10-29(11-13-30)15-19-20(22(32)35-6-3)21(28-24(34)31(19)5-2)16-7-8-17(25)18(26)14-16/h7-8,14,21H,4-6,9-13,15H2,1-3H3,(H,27,33)(H,28,34)/t21-/m1/s1. The number of halogens is 2. The van der Waals surface area contributed by atoms with Crippen molar-refractivity contribution in [2.45, 2.75) is 33.2 Å². The molecule has 0 unspecified atom stereocenters. The Kier molecular flexibility index (Phi) is 9.65. The number of carbonyl (C=O) groups excluding carboxylic acids is 3. The average Bonchev–Trinajstić information content (AvgIpc) is 2.84. The maximum atomic E-state index is 13.2. The predicted molar refractivity (Wildman–Crippen MR) is 135 cm³/mol. The van der Waals surface area contributed by atoms with E-state index in [1.807, 2.05) is 13.8 Å². The van der Waals surface area contributed by atoms with E-state index in [0.29, 0.717) is 72.7 Å². The fourth-order valence-electron chi connectivity index (χ4n) is 4.26. The van der Waals surface area contributed by atoms with Gasteiger partial charge in [-0.05, 0) is 38.0 Å². The van der Waals surface area contributed by atoms with Crippen molar-refractivity contribution in [2.24, 2.45) is 0 Å². The lowest BCUT2D eigenvalue weighted by atomic mass is 9.94. The summed E-state index contributed by atoms with van der Waals surface area (Å²) in [5.41, 5.74) is 1.60. The van der Waals surface area contributed by atoms with Crippen molar-refractivity contribution in [1.82, 2.24) is 25.3 Å². The van der Waals surface area contributed by atoms with Crippen molar-refractivity contribution in [1.29, 1.82) is 0 Å². The van der Waals surface area contributed by atoms with E-state index in [1.165, 1.54) is 0 Å². The van der Waals surface area contributed by atoms with E-state index >= 15 is 0 Å². The van der Waals surface area contributed by atoms with Gasteiger partial charge < -0.3 is 20.3 Å². The molecule has 2 aliphatic heterocycles. The Labute approximate surface area is 216 Å². The number of nitrogens with one attached hydrogen (secondary N) is 2. The average molecular weight is 526 g/mol. The molecule has 192 valence electrons. The zero-order chi connectivity index (χ0) is 25.5. The maximum Gasteiger partial charge on any atom is 0.338 e. The summed E-state index contributed by atoms with van der Waals surface area (Å²) in [6.45, 7) is 9.59. The molecule has 0 spiro atoms. The molecular formula is C24H33Cl2N5O4. The van der Waals surface area contributed by atoms with Gasteiger partial charge in [0, 0.05) is 51.5 Å². The smallest absolute Gasteiger partial charge is 0.338 e. The van der Waals surface area contributed by atoms with Crippen molar-refractivity contribution in [3.8, 4) is 0 Å². The van der Waals surface area contributed by atoms with Crippen LogP contribution in [0.25, 0.3) is 0 Å². The minimum atomic E-state index is -0.727. The number of ether oxygens (including phenoxy) is 1. The molecule has 9 nitrogen and oxygen atoms in total. The highest BCUT2D eigenvalue weighted by Gasteiger charge is 2.38. The van der Waals surface area contributed by atoms with Crippen LogP contribution in [0.1, 0.15) is 38.8 Å². The molecule has 2 N–H and O–H groups in total. The molecule has 11 heteroatoms. The summed E-state index contributed by atoms with van der Waals surface area (Å²) < 4.78 is 5.41. The van der Waals surface area contributed by atoms with Gasteiger partial charge in [-0.2, -0.15) is 0 Å². The highest BCUT2D eigenvalue weighted by atomic mass is 35.5. The molecule has 0 bridgehead atoms. The van der Waals surface area contributed by atoms with Crippen molar-refractivity contribution >= 4 is 41.2 Å². The molecule has 4 amide bonds. The molecule has 0 radical (unpaired) electrons. The van der Waals surface area contributed by atoms with Crippen LogP contribution < -0.4 is 10.6 Å². The number of hydrogen-bond donors (Lipinski definition) is 2. The fraction of sp³-hybridized carbons (Fsp3) is 0.542. The van der Waals surface area contributed by atoms with Gasteiger partial charge in [0.1, 0.15) is 0 Å². The lowest BCUT2D eigenvalue weighted by molar-refractivity contribution is -0.139. The Bertz CT molecular complexity index is 979. The van der Waals surface area contributed by atoms with E-state index in [1.54, 1.807) is 34.9 Å². The molecule has 1 fully saturated rings. The Morgan fingerprint density at radius 2 is 1.83 bits per heavy atom. The second-order valence-electron chi connectivity index (χ2n) is 8.38. The Morgan fingerprint density at radius 3 is 2.43 bits per heavy atom. The topological polar surface area (TPSA) is 94.2 Å². The van der Waals surface area contributed by atoms with Gasteiger partial charge >= 0.3 is 18.0 Å². The van der Waals surface area contributed by atoms with Crippen LogP contribution in [-0.4, -0.2) is 85.2 Å². The molecular weight excluding hydrogens is 493 g/mol. The summed E-state index contributed by atoms with van der Waals surface area (Å²) in [7, 11) is 0. The van der Waals surface area contributed by atoms with Crippen LogP contribution in [0.5, 0.6) is 0 Å². The number of amides is 4. The lowest BCUT2D eigenvalue weighted by Crippen LogP contribution is -2.55. The number of hydrogen-bond acceptors (Lipinski definition) is 5. The molecule has 2 heterocycles. The first-order chi connectivity index (χ1) is 16.8. The summed E-state index contributed by atoms with van der Waals surface area (Å²) in [6, 6.07) is 3.94. The minimum Gasteiger partial charge on any atom is -0.463 e. The van der Waals surface area contributed by atoms with Gasteiger partial charge in [0.05, 0.1) is 28.3 Å². The fourth-order valence-corrected chi connectivity index (χ4v) is 4.57. The third-order valence-electron chi connectivity index (χ3n) is 6.09. The number of benzene rings is 1. The molecule has 0 saturated carbocycles. The summed E-state index contributed by atoms with van der Waals surface area (Å²) >= 11 is 12.3. The molecule has 1 saturated heterocycles. The van der Waals surface area contributed by atoms with Gasteiger partial charge in [-0.15, -0.1) is 0 Å². The Balaban J connectivity index is 1.91. The minimum absolute atomic E-state index is 0.0650. The van der Waals surface area contributed by atoms with Crippen LogP contribution in [0, 0.1) is 0 Å². The van der Waals surface area contributed by atoms with Gasteiger partial charge in [-0.3, -0.25) is 9.80 Å². The van der Waals surface area contributed by atoms with Crippen LogP contribution in [-0.2, 0) is 9.53 Å². The summed E-state index contributed by atoms with van der Waals surface area (Å²) in [4.78, 5) is 44.1. The number of likely N-dealkylation sites (N-methyl/N-ethyl adjacent to an activating group) is 1. The zero-order valence-electron chi connectivity index (χ0n) is 20.4. The summed E-state index contributed by atoms with van der Waals surface area (Å²) in [6.07, 6.45) is 0.880. The summed E-state index contributed by atoms with van der Waals surface area (Å²) in [5, 5.41) is 6.55. The van der Waals surface area contributed by atoms with Crippen molar-refractivity contribution in [3.05, 3.63) is 45.1 Å². The second kappa shape index (κ2) is 12.5. The number of urea groups is 2. The van der Waals surface area contributed by atoms with Crippen LogP contribution in [0.15, 0.2) is 29.5 Å². The maximum absolute atomic E-state index is 13.2. The van der Waals surface area contributed by atoms with Crippen LogP contribution in [0.2, 0.25) is 10.0 Å². The molecule has 1 aromatic rings. The first-order valence-corrected chi connectivity index (χ1v) is 12.7. The Hall–Kier alpha value is -2.49. The molecule has 3 rings (SSSR count). The first kappa shape index (κ1) is 27.1. The van der Waals surface area contributed by atoms with E-state index in [-0.39, 0.29) is 18.7 Å². The molecule has 35 heavy (non-hydrogen) atoms. The number of nitrogens with zero attached hydrogens (tertiary/aromatic N) is 3. The van der Waals surface area contributed by atoms with Crippen molar-refractivity contribution in [2.75, 3.05) is 52.4 Å². The first-order valence-electron chi connectivity index (χ1n) is 12.0. The van der Waals surface area contributed by atoms with Crippen molar-refractivity contribution < 1.29 is 19.1 Å². The lowest BCUT2D eigenvalue weighted by Gasteiger charge is -2.40. The van der Waals surface area contributed by atoms with Gasteiger partial charge in [0.15, 0.2) is 0 Å². The van der Waals surface area contributed by atoms with Crippen LogP contribution >= 0.6 is 23.2 Å². The van der Waals surface area contributed by atoms with E-state index in [0.717, 1.165) is 6.42 Å². The second-order valence-corrected chi connectivity index (χ2v) is 9.19. The molecule has 1 aromatic carbocycles. The third kappa shape index (κ3) is 6.39. The van der Waals surface area contributed by atoms with Gasteiger partial charge in [-0.25, -0.2) is 14.4 Å². The highest BCUT2D eigenvalue weighted by Crippen LogP contribution is 2.34. The van der Waals surface area contributed by atoms with Crippen molar-refractivity contribution in [3.63, 3.8) is 0 Å².